The van der Waals surface area contributed by atoms with Gasteiger partial charge in [-0.25, -0.2) is 0 Å². The van der Waals surface area contributed by atoms with Gasteiger partial charge in [-0.05, 0) is 0 Å². The summed E-state index contributed by atoms with van der Waals surface area (Å²) in [6.45, 7) is 0. The second kappa shape index (κ2) is 6.42. The van der Waals surface area contributed by atoms with Gasteiger partial charge in [0.05, 0.1) is 0 Å². The number of rotatable bonds is 4. The Morgan fingerprint density at radius 3 is 1.33 bits per heavy atom. The van der Waals surface area contributed by atoms with E-state index in [4.69, 9.17) is 0 Å². The maximum atomic E-state index is 10.4. The van der Waals surface area contributed by atoms with Gasteiger partial charge in [0.1, 0.15) is 0 Å². The van der Waals surface area contributed by atoms with Crippen molar-refractivity contribution in [3.8, 4) is 0 Å². The number of benzene rings is 2. The van der Waals surface area contributed by atoms with Crippen LogP contribution in [-0.4, -0.2) is 24.7 Å². The van der Waals surface area contributed by atoms with Crippen LogP contribution in [0.25, 0.3) is 0 Å². The van der Waals surface area contributed by atoms with Crippen LogP contribution >= 0.6 is 0 Å². The molecule has 0 saturated heterocycles. The number of hydrogen-bond donors (Lipinski definition) is 2. The Morgan fingerprint density at radius 2 is 0.952 bits per heavy atom. The zero-order valence-corrected chi connectivity index (χ0v) is 13.1. The van der Waals surface area contributed by atoms with Crippen molar-refractivity contribution < 1.29 is 10.2 Å². The molecule has 3 rings (SSSR count). The Kier molecular flexibility index (Phi) is 4.37. The second-order valence-corrected chi connectivity index (χ2v) is 7.27. The third-order valence-corrected chi connectivity index (χ3v) is 5.91. The van der Waals surface area contributed by atoms with Crippen molar-refractivity contribution in [1.82, 2.24) is 0 Å². The Hall–Kier alpha value is -1.64. The average molecular weight is 343 g/mol. The van der Waals surface area contributed by atoms with Gasteiger partial charge in [0.15, 0.2) is 0 Å². The molecule has 0 amide bonds. The SMILES string of the molecule is OC(c1ccccc1)c1ccc(C(O)c2ccccc2)[se]1. The van der Waals surface area contributed by atoms with Gasteiger partial charge in [0.25, 0.3) is 0 Å². The van der Waals surface area contributed by atoms with Crippen LogP contribution in [-0.2, 0) is 0 Å². The van der Waals surface area contributed by atoms with Crippen molar-refractivity contribution in [2.45, 2.75) is 12.2 Å². The molecule has 2 unspecified atom stereocenters. The average Bonchev–Trinajstić information content (AvgIpc) is 3.05. The van der Waals surface area contributed by atoms with Gasteiger partial charge in [-0.15, -0.1) is 0 Å². The maximum absolute atomic E-state index is 10.4. The Balaban J connectivity index is 1.84. The molecule has 3 heteroatoms. The molecule has 0 spiro atoms. The molecule has 21 heavy (non-hydrogen) atoms. The van der Waals surface area contributed by atoms with E-state index < -0.39 is 12.2 Å². The monoisotopic (exact) mass is 344 g/mol. The van der Waals surface area contributed by atoms with Gasteiger partial charge in [0, 0.05) is 0 Å². The Morgan fingerprint density at radius 1 is 0.571 bits per heavy atom. The summed E-state index contributed by atoms with van der Waals surface area (Å²) in [5, 5.41) is 20.8. The summed E-state index contributed by atoms with van der Waals surface area (Å²) in [6, 6.07) is 23.2. The van der Waals surface area contributed by atoms with E-state index >= 15 is 0 Å². The standard InChI is InChI=1S/C18H16O2Se/c19-17(13-7-3-1-4-8-13)15-11-12-16(21-15)18(20)14-9-5-2-6-10-14/h1-12,17-20H. The fraction of sp³-hybridized carbons (Fsp3) is 0.111. The zero-order valence-electron chi connectivity index (χ0n) is 11.4. The molecule has 1 aromatic heterocycles. The Labute approximate surface area is 130 Å². The molecule has 2 N–H and O–H groups in total. The predicted octanol–water partition coefficient (Wildman–Crippen LogP) is 2.91. The molecule has 3 aromatic rings. The topological polar surface area (TPSA) is 40.5 Å². The van der Waals surface area contributed by atoms with E-state index in [0.29, 0.717) is 0 Å². The summed E-state index contributed by atoms with van der Waals surface area (Å²) in [7, 11) is 0. The van der Waals surface area contributed by atoms with Crippen LogP contribution in [0.3, 0.4) is 0 Å². The van der Waals surface area contributed by atoms with Crippen LogP contribution in [0.1, 0.15) is 32.2 Å². The second-order valence-electron chi connectivity index (χ2n) is 4.87. The normalized spacial score (nSPS) is 13.8. The minimum absolute atomic E-state index is 0.0233. The van der Waals surface area contributed by atoms with Gasteiger partial charge >= 0.3 is 130 Å². The first-order valence-corrected chi connectivity index (χ1v) is 8.52. The van der Waals surface area contributed by atoms with Crippen molar-refractivity contribution in [2.24, 2.45) is 0 Å². The third-order valence-electron chi connectivity index (χ3n) is 3.42. The summed E-state index contributed by atoms with van der Waals surface area (Å²) >= 11 is -0.0233. The van der Waals surface area contributed by atoms with Crippen molar-refractivity contribution in [1.29, 1.82) is 0 Å². The van der Waals surface area contributed by atoms with Crippen molar-refractivity contribution in [2.75, 3.05) is 0 Å². The van der Waals surface area contributed by atoms with Crippen molar-refractivity contribution >= 4 is 14.5 Å². The molecule has 2 aromatic carbocycles. The summed E-state index contributed by atoms with van der Waals surface area (Å²) in [6.07, 6.45) is -1.16. The van der Waals surface area contributed by atoms with E-state index in [-0.39, 0.29) is 14.5 Å². The molecular formula is C18H16O2Se. The van der Waals surface area contributed by atoms with Crippen LogP contribution in [0, 0.1) is 0 Å². The Bertz CT molecular complexity index is 632. The molecule has 106 valence electrons. The zero-order chi connectivity index (χ0) is 14.7. The molecular weight excluding hydrogens is 327 g/mol. The van der Waals surface area contributed by atoms with E-state index in [1.807, 2.05) is 72.8 Å². The molecule has 0 aliphatic rings. The molecule has 1 heterocycles. The third kappa shape index (κ3) is 3.17. The van der Waals surface area contributed by atoms with Crippen LogP contribution < -0.4 is 0 Å². The van der Waals surface area contributed by atoms with Crippen LogP contribution in [0.15, 0.2) is 72.8 Å². The first kappa shape index (κ1) is 14.3. The number of aliphatic hydroxyl groups is 2. The van der Waals surface area contributed by atoms with Crippen molar-refractivity contribution in [3.05, 3.63) is 92.8 Å². The van der Waals surface area contributed by atoms with Gasteiger partial charge in [0.2, 0.25) is 0 Å². The van der Waals surface area contributed by atoms with E-state index in [1.54, 1.807) is 0 Å². The molecule has 2 atom stereocenters. The molecule has 0 bridgehead atoms. The molecule has 2 nitrogen and oxygen atoms in total. The van der Waals surface area contributed by atoms with Crippen LogP contribution in [0.2, 0.25) is 0 Å². The summed E-state index contributed by atoms with van der Waals surface area (Å²) < 4.78 is 1.97. The van der Waals surface area contributed by atoms with Crippen molar-refractivity contribution in [3.63, 3.8) is 0 Å². The predicted molar refractivity (Wildman–Crippen MR) is 84.4 cm³/mol. The minimum atomic E-state index is -0.581. The fourth-order valence-electron chi connectivity index (χ4n) is 2.26. The molecule has 0 aliphatic heterocycles. The summed E-state index contributed by atoms with van der Waals surface area (Å²) in [5.74, 6) is 0. The molecule has 0 fully saturated rings. The quantitative estimate of drug-likeness (QED) is 0.715. The first-order valence-electron chi connectivity index (χ1n) is 6.81. The first-order chi connectivity index (χ1) is 10.3. The fourth-order valence-corrected chi connectivity index (χ4v) is 4.44. The van der Waals surface area contributed by atoms with Gasteiger partial charge in [-0.2, -0.15) is 0 Å². The van der Waals surface area contributed by atoms with E-state index in [1.165, 1.54) is 0 Å². The van der Waals surface area contributed by atoms with E-state index in [2.05, 4.69) is 0 Å². The number of hydrogen-bond acceptors (Lipinski definition) is 2. The summed E-state index contributed by atoms with van der Waals surface area (Å²) in [4.78, 5) is 0. The van der Waals surface area contributed by atoms with E-state index in [9.17, 15) is 10.2 Å². The summed E-state index contributed by atoms with van der Waals surface area (Å²) in [5.41, 5.74) is 1.80. The molecule has 0 aliphatic carbocycles. The molecule has 0 saturated carbocycles. The van der Waals surface area contributed by atoms with Gasteiger partial charge in [-0.1, -0.05) is 0 Å². The van der Waals surface area contributed by atoms with Crippen LogP contribution in [0.5, 0.6) is 0 Å². The van der Waals surface area contributed by atoms with Gasteiger partial charge < -0.3 is 0 Å². The van der Waals surface area contributed by atoms with E-state index in [0.717, 1.165) is 20.0 Å². The van der Waals surface area contributed by atoms with Crippen LogP contribution in [0.4, 0.5) is 0 Å². The number of aliphatic hydroxyl groups excluding tert-OH is 2. The van der Waals surface area contributed by atoms with Gasteiger partial charge in [-0.3, -0.25) is 0 Å². The molecule has 0 radical (unpaired) electrons.